The van der Waals surface area contributed by atoms with Crippen LogP contribution in [0.25, 0.3) is 0 Å². The Morgan fingerprint density at radius 3 is 2.59 bits per heavy atom. The Hall–Kier alpha value is -1.40. The molecular formula is C16H22BrN3O2. The van der Waals surface area contributed by atoms with Crippen LogP contribution in [0.3, 0.4) is 0 Å². The number of nitrogens with one attached hydrogen (secondary N) is 2. The van der Waals surface area contributed by atoms with Gasteiger partial charge in [0.2, 0.25) is 11.8 Å². The van der Waals surface area contributed by atoms with Crippen molar-refractivity contribution in [2.75, 3.05) is 11.9 Å². The molecule has 0 radical (unpaired) electrons. The third-order valence-corrected chi connectivity index (χ3v) is 4.56. The average molecular weight is 368 g/mol. The van der Waals surface area contributed by atoms with Crippen LogP contribution in [0.15, 0.2) is 22.7 Å². The highest BCUT2D eigenvalue weighted by Crippen LogP contribution is 2.26. The fourth-order valence-electron chi connectivity index (χ4n) is 2.71. The normalized spacial score (nSPS) is 16.9. The molecule has 1 fully saturated rings. The Morgan fingerprint density at radius 2 is 1.95 bits per heavy atom. The van der Waals surface area contributed by atoms with E-state index >= 15 is 0 Å². The van der Waals surface area contributed by atoms with Crippen LogP contribution < -0.4 is 16.4 Å². The SMILES string of the molecule is Cc1cc(Br)ccc1NC(=O)CNC(=O)C1(N)CCCCC1. The summed E-state index contributed by atoms with van der Waals surface area (Å²) in [5, 5.41) is 5.45. The number of hydrogen-bond acceptors (Lipinski definition) is 3. The monoisotopic (exact) mass is 367 g/mol. The van der Waals surface area contributed by atoms with Crippen molar-refractivity contribution in [3.8, 4) is 0 Å². The predicted octanol–water partition coefficient (Wildman–Crippen LogP) is 2.47. The zero-order chi connectivity index (χ0) is 16.2. The standard InChI is InChI=1S/C16H22BrN3O2/c1-11-9-12(17)5-6-13(11)20-14(21)10-19-15(22)16(18)7-3-2-4-8-16/h5-6,9H,2-4,7-8,10,18H2,1H3,(H,19,22)(H,20,21). The molecule has 0 bridgehead atoms. The van der Waals surface area contributed by atoms with Crippen LogP contribution >= 0.6 is 15.9 Å². The first-order chi connectivity index (χ1) is 10.4. The molecule has 0 heterocycles. The maximum Gasteiger partial charge on any atom is 0.243 e. The van der Waals surface area contributed by atoms with Crippen LogP contribution in [0.2, 0.25) is 0 Å². The number of benzene rings is 1. The fraction of sp³-hybridized carbons (Fsp3) is 0.500. The van der Waals surface area contributed by atoms with Gasteiger partial charge in [0, 0.05) is 10.2 Å². The fourth-order valence-corrected chi connectivity index (χ4v) is 3.18. The second kappa shape index (κ2) is 7.24. The van der Waals surface area contributed by atoms with Crippen molar-refractivity contribution in [2.24, 2.45) is 5.73 Å². The van der Waals surface area contributed by atoms with E-state index < -0.39 is 5.54 Å². The Labute approximate surface area is 139 Å². The van der Waals surface area contributed by atoms with Crippen LogP contribution in [0, 0.1) is 6.92 Å². The van der Waals surface area contributed by atoms with Gasteiger partial charge in [-0.3, -0.25) is 9.59 Å². The number of nitrogens with two attached hydrogens (primary N) is 1. The molecular weight excluding hydrogens is 346 g/mol. The lowest BCUT2D eigenvalue weighted by Crippen LogP contribution is -2.56. The van der Waals surface area contributed by atoms with Crippen LogP contribution in [0.5, 0.6) is 0 Å². The first kappa shape index (κ1) is 17.0. The summed E-state index contributed by atoms with van der Waals surface area (Å²) in [6.45, 7) is 1.85. The average Bonchev–Trinajstić information content (AvgIpc) is 2.48. The van der Waals surface area contributed by atoms with Crippen molar-refractivity contribution in [1.29, 1.82) is 0 Å². The maximum absolute atomic E-state index is 12.2. The van der Waals surface area contributed by atoms with Gasteiger partial charge in [-0.05, 0) is 43.5 Å². The Morgan fingerprint density at radius 1 is 1.27 bits per heavy atom. The molecule has 120 valence electrons. The highest BCUT2D eigenvalue weighted by molar-refractivity contribution is 9.10. The van der Waals surface area contributed by atoms with Crippen LogP contribution in [-0.4, -0.2) is 23.9 Å². The molecule has 1 aliphatic rings. The van der Waals surface area contributed by atoms with E-state index in [2.05, 4.69) is 26.6 Å². The minimum atomic E-state index is -0.813. The lowest BCUT2D eigenvalue weighted by atomic mass is 9.82. The number of aryl methyl sites for hydroxylation is 1. The quantitative estimate of drug-likeness (QED) is 0.763. The van der Waals surface area contributed by atoms with Gasteiger partial charge in [0.05, 0.1) is 12.1 Å². The first-order valence-electron chi connectivity index (χ1n) is 7.54. The van der Waals surface area contributed by atoms with E-state index in [9.17, 15) is 9.59 Å². The summed E-state index contributed by atoms with van der Waals surface area (Å²) in [7, 11) is 0. The van der Waals surface area contributed by atoms with Crippen LogP contribution in [-0.2, 0) is 9.59 Å². The molecule has 1 saturated carbocycles. The van der Waals surface area contributed by atoms with E-state index in [-0.39, 0.29) is 18.4 Å². The lowest BCUT2D eigenvalue weighted by Gasteiger charge is -2.31. The summed E-state index contributed by atoms with van der Waals surface area (Å²) in [5.41, 5.74) is 7.01. The van der Waals surface area contributed by atoms with Crippen LogP contribution in [0.1, 0.15) is 37.7 Å². The van der Waals surface area contributed by atoms with Gasteiger partial charge >= 0.3 is 0 Å². The highest BCUT2D eigenvalue weighted by Gasteiger charge is 2.35. The van der Waals surface area contributed by atoms with Crippen molar-refractivity contribution >= 4 is 33.4 Å². The van der Waals surface area contributed by atoms with Crippen molar-refractivity contribution in [3.63, 3.8) is 0 Å². The molecule has 0 aliphatic heterocycles. The first-order valence-corrected chi connectivity index (χ1v) is 8.33. The predicted molar refractivity (Wildman–Crippen MR) is 90.5 cm³/mol. The van der Waals surface area contributed by atoms with Gasteiger partial charge in [-0.25, -0.2) is 0 Å². The maximum atomic E-state index is 12.2. The van der Waals surface area contributed by atoms with E-state index in [0.29, 0.717) is 12.8 Å². The molecule has 1 aliphatic carbocycles. The second-order valence-electron chi connectivity index (χ2n) is 5.91. The molecule has 4 N–H and O–H groups in total. The summed E-state index contributed by atoms with van der Waals surface area (Å²) in [6, 6.07) is 5.61. The minimum Gasteiger partial charge on any atom is -0.345 e. The minimum absolute atomic E-state index is 0.0622. The number of rotatable bonds is 4. The molecule has 1 aromatic rings. The van der Waals surface area contributed by atoms with Crippen molar-refractivity contribution in [2.45, 2.75) is 44.6 Å². The number of amides is 2. The summed E-state index contributed by atoms with van der Waals surface area (Å²) >= 11 is 3.38. The van der Waals surface area contributed by atoms with Crippen molar-refractivity contribution in [1.82, 2.24) is 5.32 Å². The highest BCUT2D eigenvalue weighted by atomic mass is 79.9. The van der Waals surface area contributed by atoms with Gasteiger partial charge < -0.3 is 16.4 Å². The number of hydrogen-bond donors (Lipinski definition) is 3. The number of halogens is 1. The molecule has 22 heavy (non-hydrogen) atoms. The molecule has 1 aromatic carbocycles. The van der Waals surface area contributed by atoms with Gasteiger partial charge in [-0.2, -0.15) is 0 Å². The summed E-state index contributed by atoms with van der Waals surface area (Å²) < 4.78 is 0.957. The van der Waals surface area contributed by atoms with Gasteiger partial charge in [0.25, 0.3) is 0 Å². The summed E-state index contributed by atoms with van der Waals surface area (Å²) in [6.07, 6.45) is 4.43. The zero-order valence-electron chi connectivity index (χ0n) is 12.7. The number of carbonyl (C=O) groups excluding carboxylic acids is 2. The van der Waals surface area contributed by atoms with Gasteiger partial charge in [0.15, 0.2) is 0 Å². The molecule has 0 atom stereocenters. The number of carbonyl (C=O) groups is 2. The summed E-state index contributed by atoms with van der Waals surface area (Å²) in [4.78, 5) is 24.1. The molecule has 0 saturated heterocycles. The molecule has 2 amide bonds. The Kier molecular flexibility index (Phi) is 5.58. The van der Waals surface area contributed by atoms with Gasteiger partial charge in [0.1, 0.15) is 0 Å². The van der Waals surface area contributed by atoms with E-state index in [1.54, 1.807) is 0 Å². The third kappa shape index (κ3) is 4.30. The molecule has 6 heteroatoms. The van der Waals surface area contributed by atoms with Crippen molar-refractivity contribution < 1.29 is 9.59 Å². The second-order valence-corrected chi connectivity index (χ2v) is 6.82. The Bertz CT molecular complexity index is 569. The Balaban J connectivity index is 1.86. The molecule has 2 rings (SSSR count). The zero-order valence-corrected chi connectivity index (χ0v) is 14.3. The largest absolute Gasteiger partial charge is 0.345 e. The lowest BCUT2D eigenvalue weighted by molar-refractivity contribution is -0.129. The molecule has 0 aromatic heterocycles. The van der Waals surface area contributed by atoms with E-state index in [4.69, 9.17) is 5.73 Å². The molecule has 5 nitrogen and oxygen atoms in total. The van der Waals surface area contributed by atoms with E-state index in [1.807, 2.05) is 25.1 Å². The van der Waals surface area contributed by atoms with Gasteiger partial charge in [-0.15, -0.1) is 0 Å². The summed E-state index contributed by atoms with van der Waals surface area (Å²) in [5.74, 6) is -0.479. The molecule has 0 spiro atoms. The van der Waals surface area contributed by atoms with E-state index in [0.717, 1.165) is 35.0 Å². The van der Waals surface area contributed by atoms with Crippen LogP contribution in [0.4, 0.5) is 5.69 Å². The number of anilines is 1. The third-order valence-electron chi connectivity index (χ3n) is 4.07. The molecule has 0 unspecified atom stereocenters. The van der Waals surface area contributed by atoms with E-state index in [1.165, 1.54) is 0 Å². The van der Waals surface area contributed by atoms with Gasteiger partial charge in [-0.1, -0.05) is 35.2 Å². The smallest absolute Gasteiger partial charge is 0.243 e. The van der Waals surface area contributed by atoms with Crippen molar-refractivity contribution in [3.05, 3.63) is 28.2 Å². The topological polar surface area (TPSA) is 84.2 Å².